The van der Waals surface area contributed by atoms with Crippen molar-refractivity contribution in [2.45, 2.75) is 50.5 Å². The first-order valence-corrected chi connectivity index (χ1v) is 12.3. The Morgan fingerprint density at radius 3 is 1.72 bits per heavy atom. The highest BCUT2D eigenvalue weighted by atomic mass is 16.7. The maximum absolute atomic E-state index is 6.64. The first-order chi connectivity index (χ1) is 17.7. The lowest BCUT2D eigenvalue weighted by atomic mass is 9.96. The van der Waals surface area contributed by atoms with Crippen molar-refractivity contribution < 1.29 is 23.7 Å². The third-order valence-corrected chi connectivity index (χ3v) is 6.04. The van der Waals surface area contributed by atoms with E-state index < -0.39 is 30.6 Å². The summed E-state index contributed by atoms with van der Waals surface area (Å²) in [6, 6.07) is 29.5. The summed E-state index contributed by atoms with van der Waals surface area (Å²) in [5.41, 5.74) is 9.84. The SMILES string of the molecule is C=CCO[C@@H]1O[C@H](COCc2ccccc2)[C@@H](OCc2ccccc2)[C@H](OCc2ccccc2)[C@@H]1N. The predicted molar refractivity (Wildman–Crippen MR) is 139 cm³/mol. The van der Waals surface area contributed by atoms with Crippen LogP contribution in [0, 0.1) is 0 Å². The first-order valence-electron chi connectivity index (χ1n) is 12.3. The van der Waals surface area contributed by atoms with Gasteiger partial charge in [-0.3, -0.25) is 0 Å². The lowest BCUT2D eigenvalue weighted by Crippen LogP contribution is -2.64. The molecule has 0 saturated carbocycles. The Balaban J connectivity index is 1.51. The summed E-state index contributed by atoms with van der Waals surface area (Å²) in [5, 5.41) is 0. The van der Waals surface area contributed by atoms with Gasteiger partial charge < -0.3 is 29.4 Å². The molecule has 2 N–H and O–H groups in total. The van der Waals surface area contributed by atoms with Gasteiger partial charge in [-0.25, -0.2) is 0 Å². The molecule has 0 unspecified atom stereocenters. The van der Waals surface area contributed by atoms with E-state index in [4.69, 9.17) is 29.4 Å². The molecule has 6 heteroatoms. The van der Waals surface area contributed by atoms with Crippen molar-refractivity contribution >= 4 is 0 Å². The fourth-order valence-corrected chi connectivity index (χ4v) is 4.18. The van der Waals surface area contributed by atoms with Crippen molar-refractivity contribution in [2.24, 2.45) is 5.73 Å². The summed E-state index contributed by atoms with van der Waals surface area (Å²) < 4.78 is 31.1. The molecule has 1 heterocycles. The fraction of sp³-hybridized carbons (Fsp3) is 0.333. The zero-order valence-corrected chi connectivity index (χ0v) is 20.5. The Bertz CT molecular complexity index is 1020. The zero-order chi connectivity index (χ0) is 25.0. The summed E-state index contributed by atoms with van der Waals surface area (Å²) in [6.07, 6.45) is -0.362. The van der Waals surface area contributed by atoms with Crippen LogP contribution in [0.1, 0.15) is 16.7 Å². The standard InChI is InChI=1S/C30H35NO5/c1-2-18-33-30-27(31)29(35-21-25-16-10-5-11-17-25)28(34-20-24-14-8-4-9-15-24)26(36-30)22-32-19-23-12-6-3-7-13-23/h2-17,26-30H,1,18-22,31H2/t26-,27+,28-,29-,30-/m1/s1. The van der Waals surface area contributed by atoms with E-state index in [0.29, 0.717) is 33.0 Å². The van der Waals surface area contributed by atoms with E-state index in [-0.39, 0.29) is 0 Å². The lowest BCUT2D eigenvalue weighted by Gasteiger charge is -2.44. The van der Waals surface area contributed by atoms with Crippen LogP contribution in [0.3, 0.4) is 0 Å². The van der Waals surface area contributed by atoms with Crippen molar-refractivity contribution in [3.8, 4) is 0 Å². The van der Waals surface area contributed by atoms with Crippen LogP contribution < -0.4 is 5.73 Å². The average Bonchev–Trinajstić information content (AvgIpc) is 2.93. The first kappa shape index (κ1) is 26.2. The van der Waals surface area contributed by atoms with Crippen LogP contribution in [-0.2, 0) is 43.5 Å². The van der Waals surface area contributed by atoms with Gasteiger partial charge in [-0.05, 0) is 16.7 Å². The number of nitrogens with two attached hydrogens (primary N) is 1. The molecule has 3 aromatic rings. The molecule has 5 atom stereocenters. The van der Waals surface area contributed by atoms with Gasteiger partial charge in [0, 0.05) is 0 Å². The van der Waals surface area contributed by atoms with Crippen molar-refractivity contribution in [2.75, 3.05) is 13.2 Å². The summed E-state index contributed by atoms with van der Waals surface area (Å²) in [5.74, 6) is 0. The number of ether oxygens (including phenoxy) is 5. The maximum atomic E-state index is 6.64. The largest absolute Gasteiger partial charge is 0.374 e. The van der Waals surface area contributed by atoms with Crippen molar-refractivity contribution in [3.05, 3.63) is 120 Å². The summed E-state index contributed by atoms with van der Waals surface area (Å²) in [6.45, 7) is 5.63. The van der Waals surface area contributed by atoms with Crippen molar-refractivity contribution in [3.63, 3.8) is 0 Å². The van der Waals surface area contributed by atoms with E-state index in [9.17, 15) is 0 Å². The molecule has 0 aliphatic carbocycles. The van der Waals surface area contributed by atoms with Crippen LogP contribution in [0.15, 0.2) is 104 Å². The molecule has 0 bridgehead atoms. The zero-order valence-electron chi connectivity index (χ0n) is 20.5. The Morgan fingerprint density at radius 2 is 1.19 bits per heavy atom. The summed E-state index contributed by atoms with van der Waals surface area (Å²) in [7, 11) is 0. The van der Waals surface area contributed by atoms with Gasteiger partial charge in [-0.2, -0.15) is 0 Å². The molecule has 0 spiro atoms. The number of benzene rings is 3. The lowest BCUT2D eigenvalue weighted by molar-refractivity contribution is -0.284. The average molecular weight is 490 g/mol. The third kappa shape index (κ3) is 7.58. The summed E-state index contributed by atoms with van der Waals surface area (Å²) >= 11 is 0. The van der Waals surface area contributed by atoms with E-state index in [1.165, 1.54) is 0 Å². The van der Waals surface area contributed by atoms with Gasteiger partial charge in [0.05, 0.1) is 39.1 Å². The molecule has 1 aliphatic heterocycles. The molecule has 0 amide bonds. The van der Waals surface area contributed by atoms with Crippen LogP contribution in [0.25, 0.3) is 0 Å². The number of hydrogen-bond acceptors (Lipinski definition) is 6. The number of rotatable bonds is 13. The third-order valence-electron chi connectivity index (χ3n) is 6.04. The smallest absolute Gasteiger partial charge is 0.176 e. The van der Waals surface area contributed by atoms with E-state index >= 15 is 0 Å². The predicted octanol–water partition coefficient (Wildman–Crippen LogP) is 4.63. The van der Waals surface area contributed by atoms with Crippen LogP contribution in [-0.4, -0.2) is 43.9 Å². The van der Waals surface area contributed by atoms with Gasteiger partial charge >= 0.3 is 0 Å². The molecule has 0 radical (unpaired) electrons. The molecule has 36 heavy (non-hydrogen) atoms. The minimum atomic E-state index is -0.675. The topological polar surface area (TPSA) is 72.2 Å². The Morgan fingerprint density at radius 1 is 0.694 bits per heavy atom. The highest BCUT2D eigenvalue weighted by molar-refractivity contribution is 5.15. The van der Waals surface area contributed by atoms with E-state index in [1.54, 1.807) is 6.08 Å². The van der Waals surface area contributed by atoms with Gasteiger partial charge in [-0.15, -0.1) is 6.58 Å². The quantitative estimate of drug-likeness (QED) is 0.353. The van der Waals surface area contributed by atoms with E-state index in [1.807, 2.05) is 91.0 Å². The second-order valence-electron chi connectivity index (χ2n) is 8.77. The second kappa shape index (κ2) is 14.0. The number of hydrogen-bond donors (Lipinski definition) is 1. The van der Waals surface area contributed by atoms with Gasteiger partial charge in [0.15, 0.2) is 6.29 Å². The molecule has 1 aliphatic rings. The Hall–Kier alpha value is -2.84. The Kier molecular flexibility index (Phi) is 10.2. The van der Waals surface area contributed by atoms with Gasteiger partial charge in [0.1, 0.15) is 18.3 Å². The van der Waals surface area contributed by atoms with E-state index in [2.05, 4.69) is 6.58 Å². The van der Waals surface area contributed by atoms with E-state index in [0.717, 1.165) is 16.7 Å². The highest BCUT2D eigenvalue weighted by Crippen LogP contribution is 2.28. The molecular weight excluding hydrogens is 454 g/mol. The van der Waals surface area contributed by atoms with Crippen LogP contribution in [0.4, 0.5) is 0 Å². The molecular formula is C30H35NO5. The molecule has 0 aromatic heterocycles. The van der Waals surface area contributed by atoms with Gasteiger partial charge in [-0.1, -0.05) is 97.1 Å². The van der Waals surface area contributed by atoms with Crippen LogP contribution in [0.5, 0.6) is 0 Å². The normalized spacial score (nSPS) is 23.9. The highest BCUT2D eigenvalue weighted by Gasteiger charge is 2.46. The summed E-state index contributed by atoms with van der Waals surface area (Å²) in [4.78, 5) is 0. The van der Waals surface area contributed by atoms with Gasteiger partial charge in [0.2, 0.25) is 0 Å². The minimum Gasteiger partial charge on any atom is -0.374 e. The minimum absolute atomic E-state index is 0.306. The molecule has 190 valence electrons. The van der Waals surface area contributed by atoms with Crippen LogP contribution >= 0.6 is 0 Å². The Labute approximate surface area is 213 Å². The molecule has 6 nitrogen and oxygen atoms in total. The monoisotopic (exact) mass is 489 g/mol. The molecule has 4 rings (SSSR count). The van der Waals surface area contributed by atoms with Crippen molar-refractivity contribution in [1.29, 1.82) is 0 Å². The second-order valence-corrected chi connectivity index (χ2v) is 8.77. The van der Waals surface area contributed by atoms with Crippen LogP contribution in [0.2, 0.25) is 0 Å². The van der Waals surface area contributed by atoms with Crippen molar-refractivity contribution in [1.82, 2.24) is 0 Å². The van der Waals surface area contributed by atoms with Gasteiger partial charge in [0.25, 0.3) is 0 Å². The maximum Gasteiger partial charge on any atom is 0.176 e. The molecule has 1 fully saturated rings. The fourth-order valence-electron chi connectivity index (χ4n) is 4.18. The molecule has 3 aromatic carbocycles. The molecule has 1 saturated heterocycles.